The van der Waals surface area contributed by atoms with Crippen LogP contribution >= 0.6 is 0 Å². The van der Waals surface area contributed by atoms with Gasteiger partial charge in [0.1, 0.15) is 24.4 Å². The lowest BCUT2D eigenvalue weighted by Crippen LogP contribution is -3.14. The molecule has 0 saturated carbocycles. The monoisotopic (exact) mass is 370 g/mol. The summed E-state index contributed by atoms with van der Waals surface area (Å²) in [6, 6.07) is 18.3. The fourth-order valence-corrected chi connectivity index (χ4v) is 4.16. The Kier molecular flexibility index (Phi) is 6.53. The lowest BCUT2D eigenvalue weighted by molar-refractivity contribution is -0.910. The second kappa shape index (κ2) is 8.87. The van der Waals surface area contributed by atoms with Crippen LogP contribution in [0.15, 0.2) is 54.6 Å². The quantitative estimate of drug-likeness (QED) is 0.786. The molecule has 4 nitrogen and oxygen atoms in total. The lowest BCUT2D eigenvalue weighted by atomic mass is 9.70. The van der Waals surface area contributed by atoms with E-state index >= 15 is 0 Å². The molecular weight excluding hydrogens is 338 g/mol. The van der Waals surface area contributed by atoms with Gasteiger partial charge in [-0.05, 0) is 29.2 Å². The van der Waals surface area contributed by atoms with Crippen molar-refractivity contribution < 1.29 is 19.5 Å². The molecule has 2 aromatic carbocycles. The summed E-state index contributed by atoms with van der Waals surface area (Å²) in [6.45, 7) is 8.65. The second-order valence-electron chi connectivity index (χ2n) is 7.74. The van der Waals surface area contributed by atoms with Crippen LogP contribution in [0.25, 0.3) is 0 Å². The summed E-state index contributed by atoms with van der Waals surface area (Å²) >= 11 is 0. The van der Waals surface area contributed by atoms with Gasteiger partial charge in [0, 0.05) is 0 Å². The van der Waals surface area contributed by atoms with E-state index < -0.39 is 5.60 Å². The molecule has 1 aliphatic rings. The van der Waals surface area contributed by atoms with Gasteiger partial charge in [-0.3, -0.25) is 0 Å². The van der Waals surface area contributed by atoms with E-state index in [1.807, 2.05) is 30.3 Å². The topological polar surface area (TPSA) is 43.1 Å². The Labute approximate surface area is 162 Å². The largest absolute Gasteiger partial charge is 0.497 e. The van der Waals surface area contributed by atoms with E-state index in [2.05, 4.69) is 38.1 Å². The van der Waals surface area contributed by atoms with Crippen LogP contribution in [-0.4, -0.2) is 45.1 Å². The zero-order valence-electron chi connectivity index (χ0n) is 16.7. The van der Waals surface area contributed by atoms with Crippen molar-refractivity contribution in [2.24, 2.45) is 5.92 Å². The fourth-order valence-electron chi connectivity index (χ4n) is 4.16. The van der Waals surface area contributed by atoms with Gasteiger partial charge in [-0.1, -0.05) is 56.3 Å². The first-order valence-electron chi connectivity index (χ1n) is 9.89. The first kappa shape index (κ1) is 19.9. The van der Waals surface area contributed by atoms with Crippen LogP contribution in [0, 0.1) is 5.92 Å². The van der Waals surface area contributed by atoms with Crippen LogP contribution in [0.1, 0.15) is 30.9 Å². The van der Waals surface area contributed by atoms with Crippen LogP contribution in [0.3, 0.4) is 0 Å². The molecule has 3 rings (SSSR count). The minimum absolute atomic E-state index is 0.000180. The third-order valence-corrected chi connectivity index (χ3v) is 5.86. The fraction of sp³-hybridized carbons (Fsp3) is 0.478. The van der Waals surface area contributed by atoms with Gasteiger partial charge >= 0.3 is 0 Å². The first-order valence-corrected chi connectivity index (χ1v) is 9.89. The summed E-state index contributed by atoms with van der Waals surface area (Å²) in [5.41, 5.74) is 1.17. The van der Waals surface area contributed by atoms with E-state index in [0.29, 0.717) is 0 Å². The van der Waals surface area contributed by atoms with Gasteiger partial charge < -0.3 is 19.5 Å². The maximum Gasteiger partial charge on any atom is 0.118 e. The minimum Gasteiger partial charge on any atom is -0.497 e. The predicted molar refractivity (Wildman–Crippen MR) is 107 cm³/mol. The summed E-state index contributed by atoms with van der Waals surface area (Å²) in [4.78, 5) is 1.49. The second-order valence-corrected chi connectivity index (χ2v) is 7.74. The number of rotatable bonds is 7. The standard InChI is InChI=1S/C23H31NO3/c1-18(2)23(25,20-9-11-21(26-3)12-10-20)22(19-7-5-4-6-8-19)17-24-13-15-27-16-14-24/h4-12,18,22,25H,13-17H2,1-3H3/p+1/t22-,23+/m1/s1. The third kappa shape index (κ3) is 4.34. The highest BCUT2D eigenvalue weighted by molar-refractivity contribution is 5.35. The molecular formula is C23H32NO3+. The van der Waals surface area contributed by atoms with Crippen molar-refractivity contribution >= 4 is 0 Å². The van der Waals surface area contributed by atoms with Crippen LogP contribution in [0.4, 0.5) is 0 Å². The molecule has 1 fully saturated rings. The van der Waals surface area contributed by atoms with Crippen molar-refractivity contribution in [3.8, 4) is 5.75 Å². The van der Waals surface area contributed by atoms with Crippen molar-refractivity contribution in [2.45, 2.75) is 25.4 Å². The lowest BCUT2D eigenvalue weighted by Gasteiger charge is -2.42. The van der Waals surface area contributed by atoms with E-state index in [4.69, 9.17) is 9.47 Å². The zero-order valence-corrected chi connectivity index (χ0v) is 16.7. The van der Waals surface area contributed by atoms with Gasteiger partial charge in [0.15, 0.2) is 0 Å². The number of aliphatic hydroxyl groups is 1. The molecule has 0 aliphatic carbocycles. The average Bonchev–Trinajstić information content (AvgIpc) is 2.73. The van der Waals surface area contributed by atoms with Gasteiger partial charge in [0.25, 0.3) is 0 Å². The van der Waals surface area contributed by atoms with E-state index in [0.717, 1.165) is 44.2 Å². The number of hydrogen-bond donors (Lipinski definition) is 2. The smallest absolute Gasteiger partial charge is 0.118 e. The number of benzene rings is 2. The summed E-state index contributed by atoms with van der Waals surface area (Å²) < 4.78 is 10.8. The molecule has 1 heterocycles. The molecule has 0 unspecified atom stereocenters. The Morgan fingerprint density at radius 1 is 1.04 bits per heavy atom. The number of nitrogens with one attached hydrogen (secondary N) is 1. The van der Waals surface area contributed by atoms with E-state index in [1.54, 1.807) is 7.11 Å². The summed E-state index contributed by atoms with van der Waals surface area (Å²) in [7, 11) is 1.66. The van der Waals surface area contributed by atoms with Crippen LogP contribution in [0.5, 0.6) is 5.75 Å². The van der Waals surface area contributed by atoms with Crippen LogP contribution in [0.2, 0.25) is 0 Å². The van der Waals surface area contributed by atoms with Crippen molar-refractivity contribution in [3.05, 3.63) is 65.7 Å². The van der Waals surface area contributed by atoms with Gasteiger partial charge in [0.2, 0.25) is 0 Å². The molecule has 1 aliphatic heterocycles. The van der Waals surface area contributed by atoms with Crippen LogP contribution in [-0.2, 0) is 10.3 Å². The van der Waals surface area contributed by atoms with Crippen molar-refractivity contribution in [2.75, 3.05) is 40.0 Å². The van der Waals surface area contributed by atoms with Gasteiger partial charge in [-0.2, -0.15) is 0 Å². The number of quaternary nitrogens is 1. The highest BCUT2D eigenvalue weighted by Gasteiger charge is 2.44. The Bertz CT molecular complexity index is 695. The minimum atomic E-state index is -0.959. The highest BCUT2D eigenvalue weighted by atomic mass is 16.5. The zero-order chi connectivity index (χ0) is 19.3. The van der Waals surface area contributed by atoms with E-state index in [-0.39, 0.29) is 11.8 Å². The Balaban J connectivity index is 2.01. The predicted octanol–water partition coefficient (Wildman–Crippen LogP) is 2.24. The molecule has 2 atom stereocenters. The normalized spacial score (nSPS) is 18.9. The van der Waals surface area contributed by atoms with Crippen molar-refractivity contribution in [1.29, 1.82) is 0 Å². The number of hydrogen-bond acceptors (Lipinski definition) is 3. The van der Waals surface area contributed by atoms with Crippen molar-refractivity contribution in [1.82, 2.24) is 0 Å². The molecule has 2 N–H and O–H groups in total. The molecule has 0 amide bonds. The third-order valence-electron chi connectivity index (χ3n) is 5.86. The molecule has 27 heavy (non-hydrogen) atoms. The first-order chi connectivity index (χ1) is 13.1. The maximum absolute atomic E-state index is 12.1. The number of ether oxygens (including phenoxy) is 2. The molecule has 1 saturated heterocycles. The molecule has 2 aromatic rings. The van der Waals surface area contributed by atoms with Gasteiger partial charge in [-0.15, -0.1) is 0 Å². The molecule has 0 bridgehead atoms. The molecule has 0 radical (unpaired) electrons. The van der Waals surface area contributed by atoms with Gasteiger partial charge in [-0.25, -0.2) is 0 Å². The average molecular weight is 371 g/mol. The number of morpholine rings is 1. The Morgan fingerprint density at radius 2 is 1.67 bits per heavy atom. The SMILES string of the molecule is COc1ccc([C@@](O)(C(C)C)[C@H](C[NH+]2CCOCC2)c2ccccc2)cc1. The highest BCUT2D eigenvalue weighted by Crippen LogP contribution is 2.42. The van der Waals surface area contributed by atoms with Crippen LogP contribution < -0.4 is 9.64 Å². The molecule has 146 valence electrons. The van der Waals surface area contributed by atoms with Crippen molar-refractivity contribution in [3.63, 3.8) is 0 Å². The van der Waals surface area contributed by atoms with Gasteiger partial charge in [0.05, 0.1) is 32.8 Å². The molecule has 4 heteroatoms. The Hall–Kier alpha value is -1.88. The molecule has 0 aromatic heterocycles. The summed E-state index contributed by atoms with van der Waals surface area (Å²) in [6.07, 6.45) is 0. The van der Waals surface area contributed by atoms with E-state index in [1.165, 1.54) is 10.5 Å². The summed E-state index contributed by atoms with van der Waals surface area (Å²) in [5.74, 6) is 0.872. The number of methoxy groups -OCH3 is 1. The summed E-state index contributed by atoms with van der Waals surface area (Å²) in [5, 5.41) is 12.1. The van der Waals surface area contributed by atoms with E-state index in [9.17, 15) is 5.11 Å². The Morgan fingerprint density at radius 3 is 2.22 bits per heavy atom. The maximum atomic E-state index is 12.1. The molecule has 0 spiro atoms.